The first kappa shape index (κ1) is 15.4. The van der Waals surface area contributed by atoms with Gasteiger partial charge in [0.15, 0.2) is 0 Å². The van der Waals surface area contributed by atoms with Crippen molar-refractivity contribution in [2.75, 3.05) is 11.9 Å². The number of anilines is 1. The molecule has 1 aromatic rings. The standard InChI is InChI=1S/C14H16N2O4/c1-2-9-15-14(20)10-5-3-4-6-11(10)16-12(17)7-8-13(18)19/h3-8H,2,9H2,1H3,(H,15,20)(H,16,17)(H,18,19). The Hall–Kier alpha value is -2.63. The summed E-state index contributed by atoms with van der Waals surface area (Å²) in [6, 6.07) is 6.52. The summed E-state index contributed by atoms with van der Waals surface area (Å²) < 4.78 is 0. The van der Waals surface area contributed by atoms with E-state index >= 15 is 0 Å². The molecule has 20 heavy (non-hydrogen) atoms. The van der Waals surface area contributed by atoms with Crippen LogP contribution >= 0.6 is 0 Å². The van der Waals surface area contributed by atoms with Crippen molar-refractivity contribution in [3.05, 3.63) is 42.0 Å². The number of carboxylic acid groups (broad SMARTS) is 1. The lowest BCUT2D eigenvalue weighted by atomic mass is 10.1. The Balaban J connectivity index is 2.82. The van der Waals surface area contributed by atoms with Gasteiger partial charge < -0.3 is 15.7 Å². The molecule has 0 aromatic heterocycles. The lowest BCUT2D eigenvalue weighted by Crippen LogP contribution is -2.25. The third-order valence-corrected chi connectivity index (χ3v) is 2.34. The van der Waals surface area contributed by atoms with Crippen molar-refractivity contribution in [3.63, 3.8) is 0 Å². The van der Waals surface area contributed by atoms with E-state index in [-0.39, 0.29) is 5.91 Å². The SMILES string of the molecule is CCCNC(=O)c1ccccc1NC(=O)C=CC(=O)O. The number of carbonyl (C=O) groups is 3. The predicted molar refractivity (Wildman–Crippen MR) is 74.5 cm³/mol. The van der Waals surface area contributed by atoms with Crippen molar-refractivity contribution in [2.24, 2.45) is 0 Å². The van der Waals surface area contributed by atoms with Gasteiger partial charge in [-0.3, -0.25) is 9.59 Å². The first-order valence-electron chi connectivity index (χ1n) is 6.13. The Morgan fingerprint density at radius 1 is 1.20 bits per heavy atom. The van der Waals surface area contributed by atoms with Crippen LogP contribution in [0.15, 0.2) is 36.4 Å². The average Bonchev–Trinajstić information content (AvgIpc) is 2.43. The topological polar surface area (TPSA) is 95.5 Å². The van der Waals surface area contributed by atoms with E-state index in [1.807, 2.05) is 6.92 Å². The van der Waals surface area contributed by atoms with E-state index in [0.717, 1.165) is 18.6 Å². The van der Waals surface area contributed by atoms with Crippen LogP contribution < -0.4 is 10.6 Å². The lowest BCUT2D eigenvalue weighted by molar-refractivity contribution is -0.131. The van der Waals surface area contributed by atoms with Gasteiger partial charge in [-0.25, -0.2) is 4.79 Å². The molecule has 0 aliphatic carbocycles. The van der Waals surface area contributed by atoms with Crippen LogP contribution in [0.2, 0.25) is 0 Å². The van der Waals surface area contributed by atoms with Crippen LogP contribution in [0.5, 0.6) is 0 Å². The molecule has 0 fully saturated rings. The van der Waals surface area contributed by atoms with Gasteiger partial charge in [0.2, 0.25) is 5.91 Å². The molecule has 0 atom stereocenters. The number of aliphatic carboxylic acids is 1. The predicted octanol–water partition coefficient (Wildman–Crippen LogP) is 1.41. The molecule has 0 radical (unpaired) electrons. The number of carbonyl (C=O) groups excluding carboxylic acids is 2. The first-order chi connectivity index (χ1) is 9.54. The van der Waals surface area contributed by atoms with Crippen LogP contribution in [0.4, 0.5) is 5.69 Å². The molecule has 3 N–H and O–H groups in total. The van der Waals surface area contributed by atoms with Crippen molar-refractivity contribution in [1.29, 1.82) is 0 Å². The van der Waals surface area contributed by atoms with Gasteiger partial charge in [-0.05, 0) is 18.6 Å². The highest BCUT2D eigenvalue weighted by atomic mass is 16.4. The summed E-state index contributed by atoms with van der Waals surface area (Å²) in [4.78, 5) is 33.7. The largest absolute Gasteiger partial charge is 0.478 e. The summed E-state index contributed by atoms with van der Waals surface area (Å²) in [5.41, 5.74) is 0.666. The summed E-state index contributed by atoms with van der Waals surface area (Å²) >= 11 is 0. The maximum absolute atomic E-state index is 11.9. The molecule has 0 bridgehead atoms. The maximum Gasteiger partial charge on any atom is 0.328 e. The molecule has 0 saturated carbocycles. The fourth-order valence-corrected chi connectivity index (χ4v) is 1.45. The summed E-state index contributed by atoms with van der Waals surface area (Å²) in [5, 5.41) is 13.6. The van der Waals surface area contributed by atoms with Crippen molar-refractivity contribution < 1.29 is 19.5 Å². The molecule has 106 valence electrons. The zero-order valence-corrected chi connectivity index (χ0v) is 11.1. The summed E-state index contributed by atoms with van der Waals surface area (Å²) in [5.74, 6) is -2.11. The van der Waals surface area contributed by atoms with Gasteiger partial charge in [0.25, 0.3) is 5.91 Å². The normalized spacial score (nSPS) is 10.2. The quantitative estimate of drug-likeness (QED) is 0.684. The van der Waals surface area contributed by atoms with Crippen molar-refractivity contribution in [3.8, 4) is 0 Å². The van der Waals surface area contributed by atoms with E-state index < -0.39 is 11.9 Å². The van der Waals surface area contributed by atoms with Crippen LogP contribution in [0.1, 0.15) is 23.7 Å². The molecule has 2 amide bonds. The van der Waals surface area contributed by atoms with E-state index in [4.69, 9.17) is 5.11 Å². The molecule has 6 nitrogen and oxygen atoms in total. The van der Waals surface area contributed by atoms with E-state index in [1.165, 1.54) is 0 Å². The highest BCUT2D eigenvalue weighted by Crippen LogP contribution is 2.14. The number of para-hydroxylation sites is 1. The zero-order chi connectivity index (χ0) is 15.0. The Morgan fingerprint density at radius 3 is 2.55 bits per heavy atom. The molecule has 0 aliphatic rings. The number of benzene rings is 1. The van der Waals surface area contributed by atoms with Crippen molar-refractivity contribution in [2.45, 2.75) is 13.3 Å². The van der Waals surface area contributed by atoms with Gasteiger partial charge in [-0.2, -0.15) is 0 Å². The fourth-order valence-electron chi connectivity index (χ4n) is 1.45. The third kappa shape index (κ3) is 4.93. The highest BCUT2D eigenvalue weighted by molar-refractivity contribution is 6.07. The van der Waals surface area contributed by atoms with E-state index in [2.05, 4.69) is 10.6 Å². The maximum atomic E-state index is 11.9. The smallest absolute Gasteiger partial charge is 0.328 e. The number of rotatable bonds is 6. The molecule has 1 aromatic carbocycles. The third-order valence-electron chi connectivity index (χ3n) is 2.34. The minimum absolute atomic E-state index is 0.287. The average molecular weight is 276 g/mol. The van der Waals surface area contributed by atoms with E-state index in [1.54, 1.807) is 24.3 Å². The van der Waals surface area contributed by atoms with E-state index in [0.29, 0.717) is 17.8 Å². The Morgan fingerprint density at radius 2 is 1.90 bits per heavy atom. The van der Waals surface area contributed by atoms with Crippen molar-refractivity contribution in [1.82, 2.24) is 5.32 Å². The van der Waals surface area contributed by atoms with Crippen LogP contribution in [0, 0.1) is 0 Å². The van der Waals surface area contributed by atoms with Gasteiger partial charge in [0, 0.05) is 18.7 Å². The second-order valence-corrected chi connectivity index (χ2v) is 3.96. The molecular weight excluding hydrogens is 260 g/mol. The molecule has 0 saturated heterocycles. The van der Waals surface area contributed by atoms with Gasteiger partial charge >= 0.3 is 5.97 Å². The first-order valence-corrected chi connectivity index (χ1v) is 6.13. The van der Waals surface area contributed by atoms with Crippen LogP contribution in [0.25, 0.3) is 0 Å². The van der Waals surface area contributed by atoms with E-state index in [9.17, 15) is 14.4 Å². The summed E-state index contributed by atoms with van der Waals surface area (Å²) in [6.07, 6.45) is 2.43. The van der Waals surface area contributed by atoms with Crippen LogP contribution in [-0.4, -0.2) is 29.4 Å². The number of amides is 2. The lowest BCUT2D eigenvalue weighted by Gasteiger charge is -2.09. The molecular formula is C14H16N2O4. The van der Waals surface area contributed by atoms with Crippen molar-refractivity contribution >= 4 is 23.5 Å². The highest BCUT2D eigenvalue weighted by Gasteiger charge is 2.11. The Labute approximate surface area is 116 Å². The molecule has 1 rings (SSSR count). The zero-order valence-electron chi connectivity index (χ0n) is 11.1. The minimum atomic E-state index is -1.21. The van der Waals surface area contributed by atoms with Gasteiger partial charge in [-0.1, -0.05) is 19.1 Å². The summed E-state index contributed by atoms with van der Waals surface area (Å²) in [6.45, 7) is 2.48. The molecule has 0 spiro atoms. The van der Waals surface area contributed by atoms with Crippen LogP contribution in [-0.2, 0) is 9.59 Å². The molecule has 0 unspecified atom stereocenters. The van der Waals surface area contributed by atoms with Gasteiger partial charge in [-0.15, -0.1) is 0 Å². The Kier molecular flexibility index (Phi) is 5.96. The number of nitrogens with one attached hydrogen (secondary N) is 2. The Bertz CT molecular complexity index is 538. The fraction of sp³-hybridized carbons (Fsp3) is 0.214. The number of carboxylic acids is 1. The summed E-state index contributed by atoms with van der Waals surface area (Å²) in [7, 11) is 0. The second kappa shape index (κ2) is 7.73. The van der Waals surface area contributed by atoms with Gasteiger partial charge in [0.05, 0.1) is 11.3 Å². The monoisotopic (exact) mass is 276 g/mol. The van der Waals surface area contributed by atoms with Crippen LogP contribution in [0.3, 0.4) is 0 Å². The molecule has 6 heteroatoms. The minimum Gasteiger partial charge on any atom is -0.478 e. The second-order valence-electron chi connectivity index (χ2n) is 3.96. The molecule has 0 aliphatic heterocycles. The number of hydrogen-bond acceptors (Lipinski definition) is 3. The van der Waals surface area contributed by atoms with Gasteiger partial charge in [0.1, 0.15) is 0 Å². The number of hydrogen-bond donors (Lipinski definition) is 3. The molecule has 0 heterocycles.